The molecule has 0 radical (unpaired) electrons. The van der Waals surface area contributed by atoms with Gasteiger partial charge in [-0.2, -0.15) is 0 Å². The Morgan fingerprint density at radius 3 is 3.00 bits per heavy atom. The van der Waals surface area contributed by atoms with Gasteiger partial charge in [0.15, 0.2) is 0 Å². The molecule has 16 heavy (non-hydrogen) atoms. The van der Waals surface area contributed by atoms with E-state index in [9.17, 15) is 0 Å². The van der Waals surface area contributed by atoms with Crippen LogP contribution in [-0.4, -0.2) is 30.6 Å². The van der Waals surface area contributed by atoms with Crippen molar-refractivity contribution in [2.75, 3.05) is 19.6 Å². The maximum Gasteiger partial charge on any atom is 0.00889 e. The minimum atomic E-state index is 0.435. The van der Waals surface area contributed by atoms with Gasteiger partial charge in [0.25, 0.3) is 0 Å². The molecular formula is C14H26N2. The number of likely N-dealkylation sites (tertiary alicyclic amines) is 1. The van der Waals surface area contributed by atoms with Gasteiger partial charge in [-0.3, -0.25) is 0 Å². The lowest BCUT2D eigenvalue weighted by Gasteiger charge is -2.35. The fraction of sp³-hybridized carbons (Fsp3) is 0.857. The fourth-order valence-electron chi connectivity index (χ4n) is 2.89. The molecule has 2 N–H and O–H groups in total. The van der Waals surface area contributed by atoms with Crippen molar-refractivity contribution in [2.24, 2.45) is 11.7 Å². The molecular weight excluding hydrogens is 196 g/mol. The molecule has 92 valence electrons. The highest BCUT2D eigenvalue weighted by molar-refractivity contribution is 5.05. The Hall–Kier alpha value is -0.340. The third-order valence-electron chi connectivity index (χ3n) is 4.19. The summed E-state index contributed by atoms with van der Waals surface area (Å²) in [5.74, 6) is 0.675. The molecule has 1 aliphatic heterocycles. The van der Waals surface area contributed by atoms with Gasteiger partial charge in [0.2, 0.25) is 0 Å². The lowest BCUT2D eigenvalue weighted by Crippen LogP contribution is -2.46. The van der Waals surface area contributed by atoms with Crippen LogP contribution >= 0.6 is 0 Å². The fourth-order valence-corrected chi connectivity index (χ4v) is 2.89. The molecule has 0 aromatic heterocycles. The van der Waals surface area contributed by atoms with E-state index in [-0.39, 0.29) is 0 Å². The number of hydrogen-bond acceptors (Lipinski definition) is 2. The Morgan fingerprint density at radius 2 is 2.31 bits per heavy atom. The van der Waals surface area contributed by atoms with E-state index >= 15 is 0 Å². The number of piperidine rings is 1. The summed E-state index contributed by atoms with van der Waals surface area (Å²) in [6.45, 7) is 5.95. The molecule has 2 atom stereocenters. The molecule has 0 spiro atoms. The van der Waals surface area contributed by atoms with E-state index in [0.717, 1.165) is 0 Å². The van der Waals surface area contributed by atoms with E-state index in [0.29, 0.717) is 12.0 Å². The highest BCUT2D eigenvalue weighted by atomic mass is 15.1. The molecule has 2 rings (SSSR count). The molecule has 2 nitrogen and oxygen atoms in total. The average molecular weight is 222 g/mol. The van der Waals surface area contributed by atoms with Gasteiger partial charge in [-0.1, -0.05) is 18.6 Å². The van der Waals surface area contributed by atoms with Crippen LogP contribution in [-0.2, 0) is 0 Å². The molecule has 2 aliphatic rings. The van der Waals surface area contributed by atoms with Crippen LogP contribution in [0, 0.1) is 5.92 Å². The maximum atomic E-state index is 6.04. The SMILES string of the molecule is CC1CN(CCC2=CCCCC2)CCC1N. The first-order valence-corrected chi connectivity index (χ1v) is 6.91. The third kappa shape index (κ3) is 3.33. The predicted molar refractivity (Wildman–Crippen MR) is 69.4 cm³/mol. The van der Waals surface area contributed by atoms with Crippen LogP contribution in [0.4, 0.5) is 0 Å². The quantitative estimate of drug-likeness (QED) is 0.744. The van der Waals surface area contributed by atoms with Crippen LogP contribution in [0.15, 0.2) is 11.6 Å². The van der Waals surface area contributed by atoms with Gasteiger partial charge in [-0.15, -0.1) is 0 Å². The average Bonchev–Trinajstić information content (AvgIpc) is 2.32. The van der Waals surface area contributed by atoms with Crippen molar-refractivity contribution in [3.05, 3.63) is 11.6 Å². The highest BCUT2D eigenvalue weighted by Gasteiger charge is 2.22. The molecule has 2 unspecified atom stereocenters. The number of rotatable bonds is 3. The zero-order valence-corrected chi connectivity index (χ0v) is 10.6. The topological polar surface area (TPSA) is 29.3 Å². The van der Waals surface area contributed by atoms with Gasteiger partial charge >= 0.3 is 0 Å². The summed E-state index contributed by atoms with van der Waals surface area (Å²) in [5.41, 5.74) is 7.74. The van der Waals surface area contributed by atoms with Crippen LogP contribution < -0.4 is 5.73 Å². The molecule has 0 aromatic rings. The molecule has 2 heteroatoms. The summed E-state index contributed by atoms with van der Waals surface area (Å²) in [7, 11) is 0. The van der Waals surface area contributed by atoms with Gasteiger partial charge in [-0.25, -0.2) is 0 Å². The van der Waals surface area contributed by atoms with Crippen molar-refractivity contribution in [3.63, 3.8) is 0 Å². The second-order valence-corrected chi connectivity index (χ2v) is 5.59. The molecule has 0 saturated carbocycles. The highest BCUT2D eigenvalue weighted by Crippen LogP contribution is 2.21. The lowest BCUT2D eigenvalue weighted by atomic mass is 9.93. The number of allylic oxidation sites excluding steroid dienone is 1. The molecule has 1 heterocycles. The zero-order valence-electron chi connectivity index (χ0n) is 10.6. The van der Waals surface area contributed by atoms with Crippen molar-refractivity contribution < 1.29 is 0 Å². The minimum Gasteiger partial charge on any atom is -0.327 e. The van der Waals surface area contributed by atoms with Crippen LogP contribution in [0.1, 0.15) is 45.4 Å². The normalized spacial score (nSPS) is 32.5. The molecule has 1 saturated heterocycles. The molecule has 0 aromatic carbocycles. The summed E-state index contributed by atoms with van der Waals surface area (Å²) >= 11 is 0. The Balaban J connectivity index is 1.71. The Kier molecular flexibility index (Phi) is 4.42. The standard InChI is InChI=1S/C14H26N2/c1-12-11-16(10-8-14(12)15)9-7-13-5-3-2-4-6-13/h5,12,14H,2-4,6-11,15H2,1H3. The van der Waals surface area contributed by atoms with Crippen LogP contribution in [0.2, 0.25) is 0 Å². The van der Waals surface area contributed by atoms with Crippen molar-refractivity contribution in [2.45, 2.75) is 51.5 Å². The van der Waals surface area contributed by atoms with Gasteiger partial charge in [0.05, 0.1) is 0 Å². The van der Waals surface area contributed by atoms with E-state index in [1.54, 1.807) is 5.57 Å². The van der Waals surface area contributed by atoms with Gasteiger partial charge in [0.1, 0.15) is 0 Å². The summed E-state index contributed by atoms with van der Waals surface area (Å²) in [4.78, 5) is 2.60. The summed E-state index contributed by atoms with van der Waals surface area (Å²) < 4.78 is 0. The van der Waals surface area contributed by atoms with Gasteiger partial charge in [0, 0.05) is 19.1 Å². The largest absolute Gasteiger partial charge is 0.327 e. The Morgan fingerprint density at radius 1 is 1.44 bits per heavy atom. The second-order valence-electron chi connectivity index (χ2n) is 5.59. The van der Waals surface area contributed by atoms with E-state index in [4.69, 9.17) is 5.73 Å². The number of nitrogens with zero attached hydrogens (tertiary/aromatic N) is 1. The number of nitrogens with two attached hydrogens (primary N) is 1. The first kappa shape index (κ1) is 12.1. The van der Waals surface area contributed by atoms with E-state index in [1.807, 2.05) is 0 Å². The van der Waals surface area contributed by atoms with Crippen LogP contribution in [0.3, 0.4) is 0 Å². The van der Waals surface area contributed by atoms with Crippen molar-refractivity contribution in [1.82, 2.24) is 4.90 Å². The third-order valence-corrected chi connectivity index (χ3v) is 4.19. The maximum absolute atomic E-state index is 6.04. The van der Waals surface area contributed by atoms with Gasteiger partial charge < -0.3 is 10.6 Å². The summed E-state index contributed by atoms with van der Waals surface area (Å²) in [6, 6.07) is 0.435. The smallest absolute Gasteiger partial charge is 0.00889 e. The Bertz CT molecular complexity index is 247. The van der Waals surface area contributed by atoms with E-state index < -0.39 is 0 Å². The predicted octanol–water partition coefficient (Wildman–Crippen LogP) is 2.55. The zero-order chi connectivity index (χ0) is 11.4. The molecule has 0 bridgehead atoms. The summed E-state index contributed by atoms with van der Waals surface area (Å²) in [5, 5.41) is 0. The summed E-state index contributed by atoms with van der Waals surface area (Å²) in [6.07, 6.45) is 10.4. The van der Waals surface area contributed by atoms with Crippen LogP contribution in [0.25, 0.3) is 0 Å². The van der Waals surface area contributed by atoms with Crippen molar-refractivity contribution in [1.29, 1.82) is 0 Å². The van der Waals surface area contributed by atoms with Crippen molar-refractivity contribution >= 4 is 0 Å². The lowest BCUT2D eigenvalue weighted by molar-refractivity contribution is 0.166. The monoisotopic (exact) mass is 222 g/mol. The second kappa shape index (κ2) is 5.83. The van der Waals surface area contributed by atoms with Crippen LogP contribution in [0.5, 0.6) is 0 Å². The Labute approximate surface area is 99.9 Å². The molecule has 0 amide bonds. The van der Waals surface area contributed by atoms with E-state index in [1.165, 1.54) is 58.2 Å². The number of hydrogen-bond donors (Lipinski definition) is 1. The first-order valence-electron chi connectivity index (χ1n) is 6.91. The first-order chi connectivity index (χ1) is 7.75. The van der Waals surface area contributed by atoms with Gasteiger partial charge in [-0.05, 0) is 51.0 Å². The molecule has 1 fully saturated rings. The minimum absolute atomic E-state index is 0.435. The van der Waals surface area contributed by atoms with Crippen molar-refractivity contribution in [3.8, 4) is 0 Å². The van der Waals surface area contributed by atoms with E-state index in [2.05, 4.69) is 17.9 Å². The molecule has 1 aliphatic carbocycles.